The van der Waals surface area contributed by atoms with Crippen molar-refractivity contribution in [2.24, 2.45) is 0 Å². The van der Waals surface area contributed by atoms with Crippen LogP contribution in [0.25, 0.3) is 5.65 Å². The Kier molecular flexibility index (Phi) is 5.73. The van der Waals surface area contributed by atoms with E-state index >= 15 is 0 Å². The molecule has 11 nitrogen and oxygen atoms in total. The van der Waals surface area contributed by atoms with Gasteiger partial charge in [0.25, 0.3) is 11.5 Å². The fourth-order valence-corrected chi connectivity index (χ4v) is 4.26. The molecule has 4 heterocycles. The highest BCUT2D eigenvalue weighted by atomic mass is 16.5. The van der Waals surface area contributed by atoms with Crippen LogP contribution in [0.3, 0.4) is 0 Å². The average molecular weight is 454 g/mol. The van der Waals surface area contributed by atoms with Gasteiger partial charge in [-0.3, -0.25) is 9.59 Å². The number of nitrogens with zero attached hydrogens (tertiary/aromatic N) is 4. The van der Waals surface area contributed by atoms with Crippen LogP contribution >= 0.6 is 0 Å². The van der Waals surface area contributed by atoms with Crippen LogP contribution in [0, 0.1) is 0 Å². The number of rotatable bonds is 6. The van der Waals surface area contributed by atoms with Gasteiger partial charge in [-0.25, -0.2) is 4.98 Å². The number of ether oxygens (including phenoxy) is 1. The summed E-state index contributed by atoms with van der Waals surface area (Å²) in [6.45, 7) is 1.28. The van der Waals surface area contributed by atoms with Crippen molar-refractivity contribution >= 4 is 28.9 Å². The summed E-state index contributed by atoms with van der Waals surface area (Å²) in [6.07, 6.45) is 5.73. The number of carbonyl (C=O) groups excluding carboxylic acids is 1. The molecule has 1 saturated heterocycles. The van der Waals surface area contributed by atoms with E-state index in [0.717, 1.165) is 19.3 Å². The number of hydrogen-bond donors (Lipinski definition) is 4. The summed E-state index contributed by atoms with van der Waals surface area (Å²) in [4.78, 5) is 30.5. The first-order chi connectivity index (χ1) is 16.0. The van der Waals surface area contributed by atoms with Gasteiger partial charge in [0, 0.05) is 38.6 Å². The molecule has 2 fully saturated rings. The quantitative estimate of drug-likeness (QED) is 0.438. The number of nitrogens with one attached hydrogen (secondary N) is 3. The second kappa shape index (κ2) is 8.83. The highest BCUT2D eigenvalue weighted by Crippen LogP contribution is 2.24. The molecule has 3 aromatic heterocycles. The molecule has 0 spiro atoms. The lowest BCUT2D eigenvalue weighted by Gasteiger charge is -2.32. The third kappa shape index (κ3) is 4.05. The Labute approximate surface area is 189 Å². The Balaban J connectivity index is 1.46. The Morgan fingerprint density at radius 2 is 2.06 bits per heavy atom. The molecule has 2 atom stereocenters. The van der Waals surface area contributed by atoms with Gasteiger partial charge in [0.1, 0.15) is 22.9 Å². The zero-order valence-corrected chi connectivity index (χ0v) is 18.3. The van der Waals surface area contributed by atoms with Gasteiger partial charge in [0.15, 0.2) is 5.65 Å². The van der Waals surface area contributed by atoms with Crippen molar-refractivity contribution in [1.29, 1.82) is 0 Å². The molecule has 1 saturated carbocycles. The van der Waals surface area contributed by atoms with Crippen molar-refractivity contribution in [3.8, 4) is 0 Å². The molecule has 5 rings (SSSR count). The Bertz CT molecular complexity index is 1230. The lowest BCUT2D eigenvalue weighted by atomic mass is 9.89. The number of aromatic nitrogens is 4. The van der Waals surface area contributed by atoms with Crippen molar-refractivity contribution in [3.05, 3.63) is 46.5 Å². The first-order valence-electron chi connectivity index (χ1n) is 11.2. The van der Waals surface area contributed by atoms with Gasteiger partial charge in [-0.2, -0.15) is 9.61 Å². The second-order valence-electron chi connectivity index (χ2n) is 8.40. The van der Waals surface area contributed by atoms with Crippen LogP contribution in [0.1, 0.15) is 42.1 Å². The Morgan fingerprint density at radius 3 is 2.76 bits per heavy atom. The normalized spacial score (nSPS) is 20.9. The van der Waals surface area contributed by atoms with Crippen molar-refractivity contribution in [2.45, 2.75) is 43.9 Å². The molecule has 4 N–H and O–H groups in total. The van der Waals surface area contributed by atoms with E-state index in [0.29, 0.717) is 48.2 Å². The fourth-order valence-electron chi connectivity index (χ4n) is 4.26. The monoisotopic (exact) mass is 453 g/mol. The number of carbonyl (C=O) groups is 1. The van der Waals surface area contributed by atoms with E-state index in [-0.39, 0.29) is 23.6 Å². The zero-order valence-electron chi connectivity index (χ0n) is 18.3. The molecule has 174 valence electrons. The molecule has 1 amide bonds. The van der Waals surface area contributed by atoms with Crippen LogP contribution in [-0.4, -0.2) is 62.6 Å². The zero-order chi connectivity index (χ0) is 22.9. The molecule has 0 aromatic carbocycles. The molecule has 3 aromatic rings. The van der Waals surface area contributed by atoms with Gasteiger partial charge in [0.2, 0.25) is 0 Å². The summed E-state index contributed by atoms with van der Waals surface area (Å²) in [6, 6.07) is 5.11. The van der Waals surface area contributed by atoms with Crippen LogP contribution in [0.5, 0.6) is 0 Å². The molecule has 11 heteroatoms. The maximum absolute atomic E-state index is 13.1. The summed E-state index contributed by atoms with van der Waals surface area (Å²) < 4.78 is 8.68. The molecular formula is C22H27N7O4. The van der Waals surface area contributed by atoms with Gasteiger partial charge in [0.05, 0.1) is 18.3 Å². The molecule has 33 heavy (non-hydrogen) atoms. The van der Waals surface area contributed by atoms with Gasteiger partial charge in [-0.1, -0.05) is 0 Å². The maximum atomic E-state index is 13.1. The van der Waals surface area contributed by atoms with E-state index in [1.54, 1.807) is 29.9 Å². The summed E-state index contributed by atoms with van der Waals surface area (Å²) >= 11 is 0. The van der Waals surface area contributed by atoms with Gasteiger partial charge in [-0.15, -0.1) is 0 Å². The minimum atomic E-state index is -0.523. The summed E-state index contributed by atoms with van der Waals surface area (Å²) in [5.41, 5.74) is 0.895. The van der Waals surface area contributed by atoms with Gasteiger partial charge >= 0.3 is 0 Å². The van der Waals surface area contributed by atoms with Gasteiger partial charge in [-0.05, 0) is 37.8 Å². The largest absolute Gasteiger partial charge is 0.391 e. The predicted octanol–water partition coefficient (Wildman–Crippen LogP) is 1.28. The van der Waals surface area contributed by atoms with Crippen molar-refractivity contribution in [1.82, 2.24) is 24.5 Å². The average Bonchev–Trinajstić information content (AvgIpc) is 3.27. The Morgan fingerprint density at radius 1 is 1.24 bits per heavy atom. The molecule has 2 aliphatic rings. The first-order valence-corrected chi connectivity index (χ1v) is 11.2. The first kappa shape index (κ1) is 21.4. The molecule has 0 unspecified atom stereocenters. The van der Waals surface area contributed by atoms with Crippen LogP contribution in [0.15, 0.2) is 35.4 Å². The summed E-state index contributed by atoms with van der Waals surface area (Å²) in [5, 5.41) is 23.1. The van der Waals surface area contributed by atoms with Crippen molar-refractivity contribution in [2.75, 3.05) is 30.9 Å². The van der Waals surface area contributed by atoms with E-state index in [4.69, 9.17) is 4.74 Å². The predicted molar refractivity (Wildman–Crippen MR) is 122 cm³/mol. The number of fused-ring (bicyclic) bond motifs is 1. The highest BCUT2D eigenvalue weighted by Gasteiger charge is 2.31. The SMILES string of the molecule is CNc1cc(Nc2cccn(C3CCOCC3)c2=O)nc2c(C(=O)N[C@H]3CC[C@H]3O)cnn12. The number of pyridine rings is 1. The number of aliphatic hydroxyl groups excluding tert-OH is 1. The topological polar surface area (TPSA) is 135 Å². The lowest BCUT2D eigenvalue weighted by Crippen LogP contribution is -2.50. The van der Waals surface area contributed by atoms with E-state index in [1.807, 2.05) is 6.07 Å². The number of hydrogen-bond acceptors (Lipinski definition) is 8. The second-order valence-corrected chi connectivity index (χ2v) is 8.40. The summed E-state index contributed by atoms with van der Waals surface area (Å²) in [7, 11) is 1.74. The van der Waals surface area contributed by atoms with Crippen LogP contribution in [0.4, 0.5) is 17.3 Å². The van der Waals surface area contributed by atoms with Crippen LogP contribution in [-0.2, 0) is 4.74 Å². The van der Waals surface area contributed by atoms with E-state index in [1.165, 1.54) is 10.7 Å². The maximum Gasteiger partial charge on any atom is 0.274 e. The fraction of sp³-hybridized carbons (Fsp3) is 0.455. The number of aliphatic hydroxyl groups is 1. The molecule has 0 bridgehead atoms. The number of anilines is 3. The third-order valence-corrected chi connectivity index (χ3v) is 6.35. The molecule has 1 aliphatic carbocycles. The molecular weight excluding hydrogens is 426 g/mol. The van der Waals surface area contributed by atoms with E-state index in [9.17, 15) is 14.7 Å². The number of amides is 1. The van der Waals surface area contributed by atoms with Crippen LogP contribution < -0.4 is 21.5 Å². The minimum absolute atomic E-state index is 0.100. The van der Waals surface area contributed by atoms with E-state index < -0.39 is 6.10 Å². The highest BCUT2D eigenvalue weighted by molar-refractivity contribution is 6.00. The van der Waals surface area contributed by atoms with Crippen LogP contribution in [0.2, 0.25) is 0 Å². The smallest absolute Gasteiger partial charge is 0.274 e. The Hall–Kier alpha value is -3.44. The van der Waals surface area contributed by atoms with Gasteiger partial charge < -0.3 is 30.4 Å². The molecule has 1 aliphatic heterocycles. The van der Waals surface area contributed by atoms with Crippen molar-refractivity contribution in [3.63, 3.8) is 0 Å². The van der Waals surface area contributed by atoms with Crippen molar-refractivity contribution < 1.29 is 14.6 Å². The minimum Gasteiger partial charge on any atom is -0.391 e. The lowest BCUT2D eigenvalue weighted by molar-refractivity contribution is 0.0448. The summed E-state index contributed by atoms with van der Waals surface area (Å²) in [5.74, 6) is 0.667. The third-order valence-electron chi connectivity index (χ3n) is 6.35. The standard InChI is InChI=1S/C22H27N7O4/c1-23-19-11-18(25-16-3-2-8-28(22(16)32)13-6-9-33-10-7-13)27-20-14(12-24-29(19)20)21(31)26-15-4-5-17(15)30/h2-3,8,11-13,15,17,23,30H,4-7,9-10H2,1H3,(H,25,27)(H,26,31)/t15-,17+/m0/s1. The van der Waals surface area contributed by atoms with E-state index in [2.05, 4.69) is 26.0 Å². The molecule has 0 radical (unpaired) electrons.